The standard InChI is InChI=1S/C12H12ClN3OS/c1-2-9-11(18-16-15-9)12(17)14-10-6-4-3-5-8(10)7-13/h3-6H,2,7H2,1H3,(H,14,17). The van der Waals surface area contributed by atoms with Crippen molar-refractivity contribution in [3.8, 4) is 0 Å². The van der Waals surface area contributed by atoms with E-state index in [2.05, 4.69) is 14.9 Å². The molecule has 6 heteroatoms. The second-order valence-corrected chi connectivity index (χ2v) is 4.67. The van der Waals surface area contributed by atoms with E-state index < -0.39 is 0 Å². The first-order valence-corrected chi connectivity index (χ1v) is 6.83. The van der Waals surface area contributed by atoms with Gasteiger partial charge in [0.2, 0.25) is 0 Å². The van der Waals surface area contributed by atoms with Crippen LogP contribution in [0.2, 0.25) is 0 Å². The second-order valence-electron chi connectivity index (χ2n) is 3.65. The minimum Gasteiger partial charge on any atom is -0.321 e. The van der Waals surface area contributed by atoms with Crippen molar-refractivity contribution in [2.24, 2.45) is 0 Å². The fourth-order valence-corrected chi connectivity index (χ4v) is 2.43. The molecule has 94 valence electrons. The van der Waals surface area contributed by atoms with Gasteiger partial charge in [-0.25, -0.2) is 0 Å². The predicted molar refractivity (Wildman–Crippen MR) is 73.2 cm³/mol. The lowest BCUT2D eigenvalue weighted by atomic mass is 10.2. The van der Waals surface area contributed by atoms with Gasteiger partial charge in [0, 0.05) is 11.6 Å². The number of aromatic nitrogens is 2. The number of halogens is 1. The molecule has 1 heterocycles. The summed E-state index contributed by atoms with van der Waals surface area (Å²) in [5.74, 6) is 0.178. The van der Waals surface area contributed by atoms with Gasteiger partial charge in [-0.05, 0) is 29.6 Å². The molecule has 0 spiro atoms. The minimum atomic E-state index is -0.181. The molecule has 0 bridgehead atoms. The number of anilines is 1. The number of alkyl halides is 1. The molecule has 0 saturated heterocycles. The molecular formula is C12H12ClN3OS. The van der Waals surface area contributed by atoms with E-state index in [9.17, 15) is 4.79 Å². The van der Waals surface area contributed by atoms with Crippen molar-refractivity contribution in [2.75, 3.05) is 5.32 Å². The van der Waals surface area contributed by atoms with Gasteiger partial charge in [0.05, 0.1) is 5.69 Å². The number of benzene rings is 1. The van der Waals surface area contributed by atoms with Crippen LogP contribution in [0.5, 0.6) is 0 Å². The molecule has 0 saturated carbocycles. The van der Waals surface area contributed by atoms with Gasteiger partial charge in [0.25, 0.3) is 5.91 Å². The van der Waals surface area contributed by atoms with Crippen LogP contribution < -0.4 is 5.32 Å². The molecular weight excluding hydrogens is 270 g/mol. The van der Waals surface area contributed by atoms with Crippen LogP contribution in [0.25, 0.3) is 0 Å². The molecule has 0 radical (unpaired) electrons. The Kier molecular flexibility index (Phi) is 4.28. The first-order valence-electron chi connectivity index (χ1n) is 5.52. The Morgan fingerprint density at radius 3 is 2.94 bits per heavy atom. The highest BCUT2D eigenvalue weighted by Gasteiger charge is 2.15. The molecule has 1 aromatic heterocycles. The van der Waals surface area contributed by atoms with Crippen molar-refractivity contribution in [2.45, 2.75) is 19.2 Å². The SMILES string of the molecule is CCc1nnsc1C(=O)Nc1ccccc1CCl. The summed E-state index contributed by atoms with van der Waals surface area (Å²) in [6.45, 7) is 1.94. The Balaban J connectivity index is 2.21. The lowest BCUT2D eigenvalue weighted by Crippen LogP contribution is -2.13. The summed E-state index contributed by atoms with van der Waals surface area (Å²) in [4.78, 5) is 12.7. The van der Waals surface area contributed by atoms with Crippen LogP contribution in [0, 0.1) is 0 Å². The maximum Gasteiger partial charge on any atom is 0.269 e. The van der Waals surface area contributed by atoms with Crippen molar-refractivity contribution >= 4 is 34.7 Å². The zero-order chi connectivity index (χ0) is 13.0. The summed E-state index contributed by atoms with van der Waals surface area (Å²) in [6, 6.07) is 7.46. The minimum absolute atomic E-state index is 0.181. The molecule has 2 rings (SSSR count). The van der Waals surface area contributed by atoms with Crippen molar-refractivity contribution in [1.82, 2.24) is 9.59 Å². The molecule has 0 unspecified atom stereocenters. The van der Waals surface area contributed by atoms with Crippen LogP contribution in [-0.4, -0.2) is 15.5 Å². The van der Waals surface area contributed by atoms with Gasteiger partial charge in [-0.15, -0.1) is 16.7 Å². The molecule has 0 aliphatic heterocycles. The van der Waals surface area contributed by atoms with Crippen LogP contribution in [0.3, 0.4) is 0 Å². The molecule has 18 heavy (non-hydrogen) atoms. The molecule has 1 amide bonds. The first-order chi connectivity index (χ1) is 8.76. The molecule has 4 nitrogen and oxygen atoms in total. The number of aryl methyl sites for hydroxylation is 1. The fraction of sp³-hybridized carbons (Fsp3) is 0.250. The molecule has 0 fully saturated rings. The number of para-hydroxylation sites is 1. The topological polar surface area (TPSA) is 54.9 Å². The molecule has 2 aromatic rings. The number of hydrogen-bond acceptors (Lipinski definition) is 4. The summed E-state index contributed by atoms with van der Waals surface area (Å²) in [5.41, 5.74) is 2.34. The van der Waals surface area contributed by atoms with Gasteiger partial charge >= 0.3 is 0 Å². The molecule has 1 N–H and O–H groups in total. The van der Waals surface area contributed by atoms with Gasteiger partial charge in [-0.1, -0.05) is 29.6 Å². The smallest absolute Gasteiger partial charge is 0.269 e. The monoisotopic (exact) mass is 281 g/mol. The number of nitrogens with zero attached hydrogens (tertiary/aromatic N) is 2. The third-order valence-electron chi connectivity index (χ3n) is 2.51. The third kappa shape index (κ3) is 2.68. The quantitative estimate of drug-likeness (QED) is 0.876. The first kappa shape index (κ1) is 13.0. The van der Waals surface area contributed by atoms with Gasteiger partial charge in [0.15, 0.2) is 0 Å². The maximum atomic E-state index is 12.1. The van der Waals surface area contributed by atoms with E-state index in [-0.39, 0.29) is 5.91 Å². The van der Waals surface area contributed by atoms with Crippen molar-refractivity contribution in [1.29, 1.82) is 0 Å². The number of nitrogens with one attached hydrogen (secondary N) is 1. The normalized spacial score (nSPS) is 10.3. The fourth-order valence-electron chi connectivity index (χ4n) is 1.55. The number of hydrogen-bond donors (Lipinski definition) is 1. The number of rotatable bonds is 4. The van der Waals surface area contributed by atoms with Gasteiger partial charge in [-0.2, -0.15) is 0 Å². The van der Waals surface area contributed by atoms with E-state index in [1.54, 1.807) is 0 Å². The van der Waals surface area contributed by atoms with Crippen molar-refractivity contribution < 1.29 is 4.79 Å². The second kappa shape index (κ2) is 5.93. The Bertz CT molecular complexity index is 556. The van der Waals surface area contributed by atoms with Crippen LogP contribution in [0.1, 0.15) is 27.9 Å². The Hall–Kier alpha value is -1.46. The lowest BCUT2D eigenvalue weighted by molar-refractivity contribution is 0.102. The highest BCUT2D eigenvalue weighted by atomic mass is 35.5. The van der Waals surface area contributed by atoms with E-state index in [1.165, 1.54) is 0 Å². The zero-order valence-electron chi connectivity index (χ0n) is 9.81. The lowest BCUT2D eigenvalue weighted by Gasteiger charge is -2.08. The highest BCUT2D eigenvalue weighted by Crippen LogP contribution is 2.19. The molecule has 0 atom stereocenters. The van der Waals surface area contributed by atoms with E-state index in [4.69, 9.17) is 11.6 Å². The van der Waals surface area contributed by atoms with Gasteiger partial charge < -0.3 is 5.32 Å². The number of carbonyl (C=O) groups excluding carboxylic acids is 1. The average molecular weight is 282 g/mol. The Morgan fingerprint density at radius 1 is 1.44 bits per heavy atom. The summed E-state index contributed by atoms with van der Waals surface area (Å²) < 4.78 is 3.80. The largest absolute Gasteiger partial charge is 0.321 e. The predicted octanol–water partition coefficient (Wildman–Crippen LogP) is 3.09. The van der Waals surface area contributed by atoms with Crippen molar-refractivity contribution in [3.63, 3.8) is 0 Å². The Morgan fingerprint density at radius 2 is 2.22 bits per heavy atom. The van der Waals surface area contributed by atoms with E-state index >= 15 is 0 Å². The summed E-state index contributed by atoms with van der Waals surface area (Å²) in [5, 5.41) is 6.77. The average Bonchev–Trinajstić information content (AvgIpc) is 2.87. The van der Waals surface area contributed by atoms with Gasteiger partial charge in [-0.3, -0.25) is 4.79 Å². The number of carbonyl (C=O) groups is 1. The van der Waals surface area contributed by atoms with Crippen molar-refractivity contribution in [3.05, 3.63) is 40.4 Å². The molecule has 0 aliphatic carbocycles. The summed E-state index contributed by atoms with van der Waals surface area (Å²) in [6.07, 6.45) is 0.691. The molecule has 1 aromatic carbocycles. The van der Waals surface area contributed by atoms with Gasteiger partial charge in [0.1, 0.15) is 4.88 Å². The Labute approximate surface area is 114 Å². The van der Waals surface area contributed by atoms with E-state index in [1.807, 2.05) is 31.2 Å². The summed E-state index contributed by atoms with van der Waals surface area (Å²) in [7, 11) is 0. The van der Waals surface area contributed by atoms with E-state index in [0.29, 0.717) is 17.2 Å². The summed E-state index contributed by atoms with van der Waals surface area (Å²) >= 11 is 6.93. The zero-order valence-corrected chi connectivity index (χ0v) is 11.4. The van der Waals surface area contributed by atoms with Crippen LogP contribution in [0.15, 0.2) is 24.3 Å². The maximum absolute atomic E-state index is 12.1. The van der Waals surface area contributed by atoms with Crippen LogP contribution >= 0.6 is 23.1 Å². The van der Waals surface area contributed by atoms with Crippen LogP contribution in [0.4, 0.5) is 5.69 Å². The van der Waals surface area contributed by atoms with Crippen LogP contribution in [-0.2, 0) is 12.3 Å². The highest BCUT2D eigenvalue weighted by molar-refractivity contribution is 7.08. The van der Waals surface area contributed by atoms with E-state index in [0.717, 1.165) is 28.5 Å². The third-order valence-corrected chi connectivity index (χ3v) is 3.56. The molecule has 0 aliphatic rings. The number of amides is 1.